The fourth-order valence-electron chi connectivity index (χ4n) is 3.55. The summed E-state index contributed by atoms with van der Waals surface area (Å²) in [5, 5.41) is 0. The SMILES string of the molecule is COC(=O)[C@H]1CCc2ccccc2N1C(=O)C1CCCC1. The molecule has 21 heavy (non-hydrogen) atoms. The average Bonchev–Trinajstić information content (AvgIpc) is 3.06. The van der Waals surface area contributed by atoms with Crippen LogP contribution in [0.3, 0.4) is 0 Å². The van der Waals surface area contributed by atoms with Gasteiger partial charge in [0.25, 0.3) is 0 Å². The van der Waals surface area contributed by atoms with Crippen LogP contribution in [0.1, 0.15) is 37.7 Å². The van der Waals surface area contributed by atoms with Crippen molar-refractivity contribution < 1.29 is 14.3 Å². The molecule has 1 aromatic carbocycles. The second kappa shape index (κ2) is 5.88. The number of aryl methyl sites for hydroxylation is 1. The second-order valence-electron chi connectivity index (χ2n) is 5.90. The zero-order valence-electron chi connectivity index (χ0n) is 12.4. The van der Waals surface area contributed by atoms with E-state index in [2.05, 4.69) is 0 Å². The van der Waals surface area contributed by atoms with Gasteiger partial charge in [0.15, 0.2) is 0 Å². The molecule has 1 aliphatic heterocycles. The van der Waals surface area contributed by atoms with Gasteiger partial charge in [0.1, 0.15) is 6.04 Å². The third-order valence-electron chi connectivity index (χ3n) is 4.67. The van der Waals surface area contributed by atoms with Crippen molar-refractivity contribution in [3.8, 4) is 0 Å². The maximum absolute atomic E-state index is 12.9. The molecule has 112 valence electrons. The van der Waals surface area contributed by atoms with Gasteiger partial charge in [0, 0.05) is 11.6 Å². The molecule has 1 aromatic rings. The summed E-state index contributed by atoms with van der Waals surface area (Å²) in [5.74, 6) is -0.158. The van der Waals surface area contributed by atoms with Crippen molar-refractivity contribution in [2.45, 2.75) is 44.6 Å². The summed E-state index contributed by atoms with van der Waals surface area (Å²) in [5.41, 5.74) is 2.03. The summed E-state index contributed by atoms with van der Waals surface area (Å²) in [6, 6.07) is 7.41. The maximum atomic E-state index is 12.9. The summed E-state index contributed by atoms with van der Waals surface area (Å²) in [6.45, 7) is 0. The molecule has 0 unspecified atom stereocenters. The average molecular weight is 287 g/mol. The summed E-state index contributed by atoms with van der Waals surface area (Å²) >= 11 is 0. The predicted octanol–water partition coefficient (Wildman–Crippen LogP) is 2.70. The molecule has 3 rings (SSSR count). The van der Waals surface area contributed by atoms with Gasteiger partial charge in [-0.3, -0.25) is 9.69 Å². The van der Waals surface area contributed by atoms with Gasteiger partial charge in [-0.15, -0.1) is 0 Å². The van der Waals surface area contributed by atoms with E-state index >= 15 is 0 Å². The lowest BCUT2D eigenvalue weighted by molar-refractivity contribution is -0.144. The van der Waals surface area contributed by atoms with Crippen molar-refractivity contribution in [1.29, 1.82) is 0 Å². The summed E-state index contributed by atoms with van der Waals surface area (Å²) in [7, 11) is 1.39. The Morgan fingerprint density at radius 1 is 1.14 bits per heavy atom. The number of hydrogen-bond donors (Lipinski definition) is 0. The molecule has 0 bridgehead atoms. The highest BCUT2D eigenvalue weighted by atomic mass is 16.5. The number of para-hydroxylation sites is 1. The van der Waals surface area contributed by atoms with Crippen molar-refractivity contribution >= 4 is 17.6 Å². The van der Waals surface area contributed by atoms with Gasteiger partial charge >= 0.3 is 5.97 Å². The standard InChI is InChI=1S/C17H21NO3/c1-21-17(20)15-11-10-12-6-4-5-9-14(12)18(15)16(19)13-7-2-3-8-13/h4-6,9,13,15H,2-3,7-8,10-11H2,1H3/t15-/m1/s1. The number of amides is 1. The van der Waals surface area contributed by atoms with Gasteiger partial charge in [-0.05, 0) is 37.3 Å². The third kappa shape index (κ3) is 2.55. The van der Waals surface area contributed by atoms with Crippen LogP contribution in [0.15, 0.2) is 24.3 Å². The van der Waals surface area contributed by atoms with E-state index in [4.69, 9.17) is 4.74 Å². The number of methoxy groups -OCH3 is 1. The van der Waals surface area contributed by atoms with Crippen molar-refractivity contribution in [3.05, 3.63) is 29.8 Å². The highest BCUT2D eigenvalue weighted by Crippen LogP contribution is 2.35. The first-order chi connectivity index (χ1) is 10.2. The number of esters is 1. The van der Waals surface area contributed by atoms with Crippen LogP contribution < -0.4 is 4.90 Å². The molecule has 1 aliphatic carbocycles. The molecule has 0 saturated heterocycles. The van der Waals surface area contributed by atoms with E-state index in [1.807, 2.05) is 24.3 Å². The van der Waals surface area contributed by atoms with Crippen LogP contribution in [0.2, 0.25) is 0 Å². The number of benzene rings is 1. The van der Waals surface area contributed by atoms with Crippen molar-refractivity contribution in [2.24, 2.45) is 5.92 Å². The van der Waals surface area contributed by atoms with Gasteiger partial charge in [0.05, 0.1) is 7.11 Å². The minimum absolute atomic E-state index is 0.0586. The molecule has 0 aromatic heterocycles. The summed E-state index contributed by atoms with van der Waals surface area (Å²) in [6.07, 6.45) is 5.53. The molecule has 1 atom stereocenters. The number of nitrogens with zero attached hydrogens (tertiary/aromatic N) is 1. The molecular formula is C17H21NO3. The number of rotatable bonds is 2. The molecule has 4 nitrogen and oxygen atoms in total. The van der Waals surface area contributed by atoms with Crippen molar-refractivity contribution in [2.75, 3.05) is 12.0 Å². The molecular weight excluding hydrogens is 266 g/mol. The number of anilines is 1. The quantitative estimate of drug-likeness (QED) is 0.786. The Labute approximate surface area is 125 Å². The topological polar surface area (TPSA) is 46.6 Å². The molecule has 1 amide bonds. The summed E-state index contributed by atoms with van der Waals surface area (Å²) < 4.78 is 4.91. The lowest BCUT2D eigenvalue weighted by Crippen LogP contribution is -2.50. The highest BCUT2D eigenvalue weighted by molar-refractivity contribution is 6.02. The van der Waals surface area contributed by atoms with Crippen LogP contribution in [-0.2, 0) is 20.7 Å². The molecule has 2 aliphatic rings. The predicted molar refractivity (Wildman–Crippen MR) is 80.0 cm³/mol. The van der Waals surface area contributed by atoms with Gasteiger partial charge in [-0.25, -0.2) is 4.79 Å². The van der Waals surface area contributed by atoms with Gasteiger partial charge in [0.2, 0.25) is 5.91 Å². The minimum Gasteiger partial charge on any atom is -0.467 e. The maximum Gasteiger partial charge on any atom is 0.328 e. The molecule has 1 heterocycles. The van der Waals surface area contributed by atoms with Gasteiger partial charge < -0.3 is 4.74 Å². The number of ether oxygens (including phenoxy) is 1. The smallest absolute Gasteiger partial charge is 0.328 e. The number of carbonyl (C=O) groups excluding carboxylic acids is 2. The number of hydrogen-bond acceptors (Lipinski definition) is 3. The second-order valence-corrected chi connectivity index (χ2v) is 5.90. The van der Waals surface area contributed by atoms with E-state index < -0.39 is 6.04 Å². The van der Waals surface area contributed by atoms with Crippen LogP contribution in [-0.4, -0.2) is 25.0 Å². The molecule has 0 radical (unpaired) electrons. The first kappa shape index (κ1) is 14.1. The van der Waals surface area contributed by atoms with E-state index in [1.165, 1.54) is 7.11 Å². The highest BCUT2D eigenvalue weighted by Gasteiger charge is 2.39. The normalized spacial score (nSPS) is 22.0. The minimum atomic E-state index is -0.474. The van der Waals surface area contributed by atoms with Crippen LogP contribution >= 0.6 is 0 Å². The number of carbonyl (C=O) groups is 2. The first-order valence-corrected chi connectivity index (χ1v) is 7.71. The van der Waals surface area contributed by atoms with Crippen molar-refractivity contribution in [1.82, 2.24) is 0 Å². The Bertz CT molecular complexity index is 549. The third-order valence-corrected chi connectivity index (χ3v) is 4.67. The van der Waals surface area contributed by atoms with E-state index in [-0.39, 0.29) is 17.8 Å². The Balaban J connectivity index is 1.97. The van der Waals surface area contributed by atoms with Crippen LogP contribution in [0.4, 0.5) is 5.69 Å². The monoisotopic (exact) mass is 287 g/mol. The lowest BCUT2D eigenvalue weighted by Gasteiger charge is -2.37. The van der Waals surface area contributed by atoms with Gasteiger partial charge in [-0.2, -0.15) is 0 Å². The molecule has 4 heteroatoms. The Morgan fingerprint density at radius 3 is 2.57 bits per heavy atom. The Kier molecular flexibility index (Phi) is 3.95. The largest absolute Gasteiger partial charge is 0.467 e. The fourth-order valence-corrected chi connectivity index (χ4v) is 3.55. The molecule has 0 spiro atoms. The zero-order chi connectivity index (χ0) is 14.8. The van der Waals surface area contributed by atoms with Crippen LogP contribution in [0.5, 0.6) is 0 Å². The van der Waals surface area contributed by atoms with Crippen LogP contribution in [0.25, 0.3) is 0 Å². The summed E-state index contributed by atoms with van der Waals surface area (Å²) in [4.78, 5) is 26.7. The van der Waals surface area contributed by atoms with Gasteiger partial charge in [-0.1, -0.05) is 31.0 Å². The van der Waals surface area contributed by atoms with E-state index in [0.29, 0.717) is 6.42 Å². The van der Waals surface area contributed by atoms with E-state index in [9.17, 15) is 9.59 Å². The molecule has 1 fully saturated rings. The molecule has 0 N–H and O–H groups in total. The Morgan fingerprint density at radius 2 is 1.86 bits per heavy atom. The van der Waals surface area contributed by atoms with Crippen molar-refractivity contribution in [3.63, 3.8) is 0 Å². The Hall–Kier alpha value is -1.84. The first-order valence-electron chi connectivity index (χ1n) is 7.71. The van der Waals surface area contributed by atoms with E-state index in [0.717, 1.165) is 43.4 Å². The number of fused-ring (bicyclic) bond motifs is 1. The zero-order valence-corrected chi connectivity index (χ0v) is 12.4. The van der Waals surface area contributed by atoms with E-state index in [1.54, 1.807) is 4.90 Å². The fraction of sp³-hybridized carbons (Fsp3) is 0.529. The lowest BCUT2D eigenvalue weighted by atomic mass is 9.93. The van der Waals surface area contributed by atoms with Crippen LogP contribution in [0, 0.1) is 5.92 Å². The molecule has 1 saturated carbocycles.